The van der Waals surface area contributed by atoms with Crippen LogP contribution in [0.3, 0.4) is 0 Å². The Morgan fingerprint density at radius 1 is 0.571 bits per heavy atom. The van der Waals surface area contributed by atoms with E-state index in [1.165, 1.54) is 0 Å². The van der Waals surface area contributed by atoms with Crippen molar-refractivity contribution >= 4 is 87.9 Å². The number of halogens is 2. The van der Waals surface area contributed by atoms with E-state index >= 15 is 0 Å². The maximum atomic E-state index is 6.18. The maximum Gasteiger partial charge on any atom is 0.181 e. The Labute approximate surface area is 262 Å². The molecule has 2 aromatic carbocycles. The van der Waals surface area contributed by atoms with Crippen molar-refractivity contribution in [2.45, 2.75) is 0 Å². The second kappa shape index (κ2) is 10.4. The van der Waals surface area contributed by atoms with E-state index in [9.17, 15) is 0 Å². The van der Waals surface area contributed by atoms with E-state index in [1.807, 2.05) is 24.3 Å². The van der Waals surface area contributed by atoms with Crippen LogP contribution in [0.5, 0.6) is 11.5 Å². The minimum Gasteiger partial charge on any atom is -0.485 e. The minimum atomic E-state index is 0.489. The van der Waals surface area contributed by atoms with E-state index in [2.05, 4.69) is 110 Å². The summed E-state index contributed by atoms with van der Waals surface area (Å²) in [6.07, 6.45) is 8.24. The summed E-state index contributed by atoms with van der Waals surface area (Å²) in [5, 5.41) is 0. The van der Waals surface area contributed by atoms with Crippen molar-refractivity contribution in [3.05, 3.63) is 105 Å². The van der Waals surface area contributed by atoms with E-state index in [-0.39, 0.29) is 0 Å². The van der Waals surface area contributed by atoms with Gasteiger partial charge in [-0.15, -0.1) is 11.3 Å². The van der Waals surface area contributed by atoms with Crippen LogP contribution in [0, 0.1) is 0 Å². The van der Waals surface area contributed by atoms with E-state index in [0.717, 1.165) is 85.9 Å². The van der Waals surface area contributed by atoms with Crippen molar-refractivity contribution in [3.63, 3.8) is 0 Å². The van der Waals surface area contributed by atoms with Crippen LogP contribution in [0.2, 0.25) is 0 Å². The highest BCUT2D eigenvalue weighted by molar-refractivity contribution is 9.11. The van der Waals surface area contributed by atoms with Gasteiger partial charge in [0, 0.05) is 22.2 Å². The molecular formula is C34H21Br2N3O2S. The van der Waals surface area contributed by atoms with Gasteiger partial charge in [0.05, 0.1) is 41.1 Å². The van der Waals surface area contributed by atoms with E-state index in [1.54, 1.807) is 11.3 Å². The van der Waals surface area contributed by atoms with Crippen LogP contribution in [0.15, 0.2) is 81.7 Å². The van der Waals surface area contributed by atoms with Crippen molar-refractivity contribution in [1.82, 2.24) is 15.0 Å². The molecule has 0 radical (unpaired) electrons. The third-order valence-corrected chi connectivity index (χ3v) is 10.7. The number of fused-ring (bicyclic) bond motifs is 11. The van der Waals surface area contributed by atoms with Gasteiger partial charge in [-0.25, -0.2) is 9.97 Å². The summed E-state index contributed by atoms with van der Waals surface area (Å²) in [4.78, 5) is 14.0. The number of aromatic amines is 1. The molecule has 0 unspecified atom stereocenters. The number of aromatic nitrogens is 3. The molecule has 5 nitrogen and oxygen atoms in total. The average molecular weight is 695 g/mol. The first-order valence-corrected chi connectivity index (χ1v) is 15.9. The maximum absolute atomic E-state index is 6.18. The Bertz CT molecular complexity index is 1970. The SMILES string of the molecule is Brc1c2nc(c(-c3ccccc3)c3ccc([nH]3)c(-c3ccccc3)c3nc(c(Br)c4sc1c1c4OCCO1)C=C3)C=C2. The van der Waals surface area contributed by atoms with Crippen LogP contribution in [-0.2, 0) is 0 Å². The van der Waals surface area contributed by atoms with Crippen LogP contribution < -0.4 is 9.47 Å². The zero-order valence-electron chi connectivity index (χ0n) is 22.0. The number of thiophene rings is 1. The lowest BCUT2D eigenvalue weighted by molar-refractivity contribution is 0.177. The predicted molar refractivity (Wildman–Crippen MR) is 180 cm³/mol. The third kappa shape index (κ3) is 4.24. The largest absolute Gasteiger partial charge is 0.485 e. The fraction of sp³-hybridized carbons (Fsp3) is 0.0588. The lowest BCUT2D eigenvalue weighted by Crippen LogP contribution is -2.14. The lowest BCUT2D eigenvalue weighted by Gasteiger charge is -2.15. The van der Waals surface area contributed by atoms with Crippen LogP contribution in [-0.4, -0.2) is 28.2 Å². The molecule has 0 amide bonds. The van der Waals surface area contributed by atoms with Gasteiger partial charge < -0.3 is 14.5 Å². The van der Waals surface area contributed by atoms with Crippen molar-refractivity contribution in [2.24, 2.45) is 0 Å². The molecule has 8 heteroatoms. The summed E-state index contributed by atoms with van der Waals surface area (Å²) in [6, 6.07) is 25.0. The number of benzene rings is 2. The second-order valence-corrected chi connectivity index (χ2v) is 12.5. The molecule has 3 aromatic heterocycles. The molecule has 0 saturated carbocycles. The number of hydrogen-bond donors (Lipinski definition) is 1. The number of nitrogens with one attached hydrogen (secondary N) is 1. The minimum absolute atomic E-state index is 0.489. The van der Waals surface area contributed by atoms with Gasteiger partial charge in [-0.05, 0) is 79.4 Å². The molecule has 204 valence electrons. The monoisotopic (exact) mass is 693 g/mol. The summed E-state index contributed by atoms with van der Waals surface area (Å²) >= 11 is 9.35. The summed E-state index contributed by atoms with van der Waals surface area (Å²) in [6.45, 7) is 0.978. The average Bonchev–Trinajstić information content (AvgIpc) is 3.85. The van der Waals surface area contributed by atoms with Gasteiger partial charge in [-0.2, -0.15) is 0 Å². The number of nitrogens with zero attached hydrogens (tertiary/aromatic N) is 2. The highest BCUT2D eigenvalue weighted by atomic mass is 79.9. The first-order valence-electron chi connectivity index (χ1n) is 13.5. The smallest absolute Gasteiger partial charge is 0.181 e. The van der Waals surface area contributed by atoms with Crippen molar-refractivity contribution in [2.75, 3.05) is 13.2 Å². The Balaban J connectivity index is 1.58. The van der Waals surface area contributed by atoms with E-state index in [0.29, 0.717) is 13.2 Å². The van der Waals surface area contributed by atoms with Crippen LogP contribution >= 0.6 is 43.2 Å². The van der Waals surface area contributed by atoms with Gasteiger partial charge in [-0.1, -0.05) is 60.7 Å². The number of rotatable bonds is 2. The Morgan fingerprint density at radius 3 is 1.45 bits per heavy atom. The highest BCUT2D eigenvalue weighted by Gasteiger charge is 2.25. The zero-order chi connectivity index (χ0) is 28.2. The molecular weight excluding hydrogens is 674 g/mol. The van der Waals surface area contributed by atoms with Crippen LogP contribution in [0.1, 0.15) is 22.8 Å². The molecule has 0 saturated heterocycles. The standard InChI is InChI=1S/C34H21Br2N3O2S/c35-29-25-15-13-23(38-25)27(19-7-3-1-4-8-19)21-11-12-22(37-21)28(20-9-5-2-6-10-20)24-14-16-26(39-24)30(36)34-32-31(33(29)42-34)40-17-18-41-32/h1-16,37H,17-18H2. The molecule has 3 aliphatic rings. The third-order valence-electron chi connectivity index (χ3n) is 7.39. The number of hydrogen-bond acceptors (Lipinski definition) is 5. The summed E-state index contributed by atoms with van der Waals surface area (Å²) in [7, 11) is 0. The molecule has 0 spiro atoms. The normalized spacial score (nSPS) is 13.5. The molecule has 0 aliphatic carbocycles. The highest BCUT2D eigenvalue weighted by Crippen LogP contribution is 2.51. The lowest BCUT2D eigenvalue weighted by atomic mass is 10.0. The molecule has 0 atom stereocenters. The Morgan fingerprint density at radius 2 is 1.00 bits per heavy atom. The first kappa shape index (κ1) is 25.7. The van der Waals surface area contributed by atoms with Gasteiger partial charge in [0.25, 0.3) is 0 Å². The van der Waals surface area contributed by atoms with Crippen molar-refractivity contribution < 1.29 is 9.47 Å². The topological polar surface area (TPSA) is 60.0 Å². The van der Waals surface area contributed by atoms with Crippen LogP contribution in [0.25, 0.3) is 67.0 Å². The molecule has 6 heterocycles. The summed E-state index contributed by atoms with van der Waals surface area (Å²) in [5.74, 6) is 1.45. The molecule has 8 rings (SSSR count). The van der Waals surface area contributed by atoms with E-state index < -0.39 is 0 Å². The van der Waals surface area contributed by atoms with Gasteiger partial charge in [0.1, 0.15) is 13.2 Å². The fourth-order valence-corrected chi connectivity index (χ4v) is 7.87. The zero-order valence-corrected chi connectivity index (χ0v) is 26.0. The predicted octanol–water partition coefficient (Wildman–Crippen LogP) is 10.0. The Kier molecular flexibility index (Phi) is 6.35. The number of ether oxygens (including phenoxy) is 2. The van der Waals surface area contributed by atoms with Gasteiger partial charge in [-0.3, -0.25) is 0 Å². The summed E-state index contributed by atoms with van der Waals surface area (Å²) in [5.41, 5.74) is 9.55. The van der Waals surface area contributed by atoms with E-state index in [4.69, 9.17) is 19.4 Å². The fourth-order valence-electron chi connectivity index (χ4n) is 5.50. The molecule has 8 bridgehead atoms. The van der Waals surface area contributed by atoms with Crippen LogP contribution in [0.4, 0.5) is 0 Å². The van der Waals surface area contributed by atoms with Gasteiger partial charge in [0.15, 0.2) is 11.5 Å². The van der Waals surface area contributed by atoms with Crippen molar-refractivity contribution in [3.8, 4) is 33.8 Å². The molecule has 42 heavy (non-hydrogen) atoms. The van der Waals surface area contributed by atoms with Gasteiger partial charge in [0.2, 0.25) is 0 Å². The van der Waals surface area contributed by atoms with Crippen molar-refractivity contribution in [1.29, 1.82) is 0 Å². The molecule has 3 aliphatic heterocycles. The molecule has 1 N–H and O–H groups in total. The molecule has 0 fully saturated rings. The van der Waals surface area contributed by atoms with Gasteiger partial charge >= 0.3 is 0 Å². The molecule has 5 aromatic rings. The number of H-pyrrole nitrogens is 1. The second-order valence-electron chi connectivity index (χ2n) is 9.94. The Hall–Kier alpha value is -3.98. The summed E-state index contributed by atoms with van der Waals surface area (Å²) < 4.78 is 15.9. The quantitative estimate of drug-likeness (QED) is 0.196. The first-order chi connectivity index (χ1) is 20.7.